The zero-order valence-corrected chi connectivity index (χ0v) is 16.5. The van der Waals surface area contributed by atoms with E-state index in [0.717, 1.165) is 5.56 Å². The Bertz CT molecular complexity index is 796. The molecule has 2 saturated heterocycles. The van der Waals surface area contributed by atoms with Crippen LogP contribution in [0.2, 0.25) is 0 Å². The molecule has 0 radical (unpaired) electrons. The van der Waals surface area contributed by atoms with Gasteiger partial charge in [-0.3, -0.25) is 9.59 Å². The minimum Gasteiger partial charge on any atom is -0.469 e. The van der Waals surface area contributed by atoms with Crippen LogP contribution in [-0.2, 0) is 24.3 Å². The number of nitrogens with zero attached hydrogens (tertiary/aromatic N) is 2. The second-order valence-corrected chi connectivity index (χ2v) is 9.28. The maximum Gasteiger partial charge on any atom is 0.305 e. The maximum absolute atomic E-state index is 12.5. The molecule has 0 aliphatic carbocycles. The number of benzene rings is 1. The summed E-state index contributed by atoms with van der Waals surface area (Å²) in [5, 5.41) is 0. The first-order valence-electron chi connectivity index (χ1n) is 9.17. The van der Waals surface area contributed by atoms with E-state index < -0.39 is 10.0 Å². The van der Waals surface area contributed by atoms with Crippen molar-refractivity contribution in [2.45, 2.75) is 25.3 Å². The van der Waals surface area contributed by atoms with E-state index in [1.165, 1.54) is 13.4 Å². The van der Waals surface area contributed by atoms with E-state index >= 15 is 0 Å². The highest BCUT2D eigenvalue weighted by atomic mass is 32.2. The van der Waals surface area contributed by atoms with Crippen molar-refractivity contribution in [3.05, 3.63) is 35.9 Å². The third-order valence-electron chi connectivity index (χ3n) is 5.54. The third kappa shape index (κ3) is 4.32. The van der Waals surface area contributed by atoms with E-state index in [9.17, 15) is 18.0 Å². The van der Waals surface area contributed by atoms with Gasteiger partial charge in [0.05, 0.1) is 19.4 Å². The second kappa shape index (κ2) is 7.98. The summed E-state index contributed by atoms with van der Waals surface area (Å²) in [6.45, 7) is 1.55. The Kier molecular flexibility index (Phi) is 5.86. The van der Waals surface area contributed by atoms with Gasteiger partial charge in [-0.05, 0) is 17.9 Å². The maximum atomic E-state index is 12.5. The van der Waals surface area contributed by atoms with Gasteiger partial charge in [0.1, 0.15) is 0 Å². The number of carbonyl (C=O) groups excluding carboxylic acids is 2. The van der Waals surface area contributed by atoms with Crippen LogP contribution in [0, 0.1) is 11.8 Å². The van der Waals surface area contributed by atoms with Gasteiger partial charge in [0, 0.05) is 38.4 Å². The lowest BCUT2D eigenvalue weighted by atomic mass is 9.90. The van der Waals surface area contributed by atoms with Crippen molar-refractivity contribution in [1.29, 1.82) is 0 Å². The summed E-state index contributed by atoms with van der Waals surface area (Å²) in [4.78, 5) is 25.5. The molecule has 0 bridgehead atoms. The molecule has 0 saturated carbocycles. The minimum absolute atomic E-state index is 0.0195. The molecule has 0 spiro atoms. The number of rotatable bonds is 6. The van der Waals surface area contributed by atoms with Gasteiger partial charge in [-0.15, -0.1) is 0 Å². The molecule has 7 nitrogen and oxygen atoms in total. The van der Waals surface area contributed by atoms with Crippen LogP contribution in [0.3, 0.4) is 0 Å². The van der Waals surface area contributed by atoms with Gasteiger partial charge in [-0.2, -0.15) is 4.31 Å². The molecule has 8 heteroatoms. The number of carbonyl (C=O) groups is 2. The summed E-state index contributed by atoms with van der Waals surface area (Å²) in [5.74, 6) is -0.0683. The first-order chi connectivity index (χ1) is 12.8. The fraction of sp³-hybridized carbons (Fsp3) is 0.579. The summed E-state index contributed by atoms with van der Waals surface area (Å²) in [6.07, 6.45) is 2.26. The van der Waals surface area contributed by atoms with Gasteiger partial charge < -0.3 is 9.64 Å². The fourth-order valence-corrected chi connectivity index (χ4v) is 5.41. The molecule has 0 N–H and O–H groups in total. The molecule has 2 aliphatic heterocycles. The Hall–Kier alpha value is -1.93. The van der Waals surface area contributed by atoms with Crippen LogP contribution in [0.4, 0.5) is 0 Å². The molecule has 2 fully saturated rings. The molecule has 27 heavy (non-hydrogen) atoms. The molecule has 0 unspecified atom stereocenters. The van der Waals surface area contributed by atoms with Crippen LogP contribution in [0.25, 0.3) is 0 Å². The van der Waals surface area contributed by atoms with Crippen molar-refractivity contribution >= 4 is 21.9 Å². The highest BCUT2D eigenvalue weighted by Gasteiger charge is 2.51. The number of ether oxygens (including phenoxy) is 1. The normalized spacial score (nSPS) is 25.4. The van der Waals surface area contributed by atoms with Gasteiger partial charge in [-0.25, -0.2) is 8.42 Å². The number of esters is 1. The first-order valence-corrected chi connectivity index (χ1v) is 11.0. The van der Waals surface area contributed by atoms with Gasteiger partial charge in [0.25, 0.3) is 0 Å². The molecule has 1 aromatic rings. The largest absolute Gasteiger partial charge is 0.469 e. The lowest BCUT2D eigenvalue weighted by molar-refractivity contribution is -0.140. The molecule has 0 aromatic heterocycles. The number of methoxy groups -OCH3 is 1. The number of amides is 1. The standard InChI is InChI=1S/C19H26N2O5S/c1-26-18(23)10-6-9-17(22)20-11-15-12-21(27(2,24)25)19(16(15)13-20)14-7-4-3-5-8-14/h3-5,7-8,15-16,19H,6,9-13H2,1-2H3/t15-,16-,19+/m1/s1. The van der Waals surface area contributed by atoms with Crippen molar-refractivity contribution in [2.75, 3.05) is 33.0 Å². The summed E-state index contributed by atoms with van der Waals surface area (Å²) in [5.41, 5.74) is 0.968. The highest BCUT2D eigenvalue weighted by Crippen LogP contribution is 2.46. The van der Waals surface area contributed by atoms with E-state index in [-0.39, 0.29) is 36.2 Å². The van der Waals surface area contributed by atoms with Crippen LogP contribution in [0.1, 0.15) is 30.9 Å². The van der Waals surface area contributed by atoms with Crippen LogP contribution in [-0.4, -0.2) is 62.5 Å². The van der Waals surface area contributed by atoms with Gasteiger partial charge in [-0.1, -0.05) is 30.3 Å². The number of hydrogen-bond acceptors (Lipinski definition) is 5. The number of fused-ring (bicyclic) bond motifs is 1. The summed E-state index contributed by atoms with van der Waals surface area (Å²) in [7, 11) is -1.99. The number of sulfonamides is 1. The predicted octanol–water partition coefficient (Wildman–Crippen LogP) is 1.42. The quantitative estimate of drug-likeness (QED) is 0.682. The lowest BCUT2D eigenvalue weighted by Crippen LogP contribution is -2.37. The topological polar surface area (TPSA) is 84.0 Å². The fourth-order valence-electron chi connectivity index (χ4n) is 4.26. The van der Waals surface area contributed by atoms with Gasteiger partial charge >= 0.3 is 5.97 Å². The van der Waals surface area contributed by atoms with Crippen LogP contribution < -0.4 is 0 Å². The molecule has 148 valence electrons. The molecule has 3 rings (SSSR count). The van der Waals surface area contributed by atoms with E-state index in [1.54, 1.807) is 4.31 Å². The molecule has 2 heterocycles. The summed E-state index contributed by atoms with van der Waals surface area (Å²) < 4.78 is 30.8. The molecule has 1 amide bonds. The van der Waals surface area contributed by atoms with E-state index in [2.05, 4.69) is 4.74 Å². The highest BCUT2D eigenvalue weighted by molar-refractivity contribution is 7.88. The zero-order valence-electron chi connectivity index (χ0n) is 15.7. The Balaban J connectivity index is 1.70. The van der Waals surface area contributed by atoms with Crippen LogP contribution in [0.5, 0.6) is 0 Å². The second-order valence-electron chi connectivity index (χ2n) is 7.34. The molecular weight excluding hydrogens is 368 g/mol. The monoisotopic (exact) mass is 394 g/mol. The minimum atomic E-state index is -3.33. The number of hydrogen-bond donors (Lipinski definition) is 0. The van der Waals surface area contributed by atoms with E-state index in [4.69, 9.17) is 0 Å². The molecule has 1 aromatic carbocycles. The Labute approximate surface area is 160 Å². The van der Waals surface area contributed by atoms with Crippen LogP contribution in [0.15, 0.2) is 30.3 Å². The van der Waals surface area contributed by atoms with Crippen LogP contribution >= 0.6 is 0 Å². The Morgan fingerprint density at radius 1 is 1.11 bits per heavy atom. The number of likely N-dealkylation sites (tertiary alicyclic amines) is 1. The van der Waals surface area contributed by atoms with E-state index in [1.807, 2.05) is 35.2 Å². The van der Waals surface area contributed by atoms with Gasteiger partial charge in [0.15, 0.2) is 0 Å². The average molecular weight is 394 g/mol. The lowest BCUT2D eigenvalue weighted by Gasteiger charge is -2.28. The predicted molar refractivity (Wildman–Crippen MR) is 100 cm³/mol. The smallest absolute Gasteiger partial charge is 0.305 e. The Morgan fingerprint density at radius 3 is 2.44 bits per heavy atom. The Morgan fingerprint density at radius 2 is 1.81 bits per heavy atom. The van der Waals surface area contributed by atoms with Crippen molar-refractivity contribution < 1.29 is 22.7 Å². The summed E-state index contributed by atoms with van der Waals surface area (Å²) >= 11 is 0. The van der Waals surface area contributed by atoms with E-state index in [0.29, 0.717) is 32.5 Å². The van der Waals surface area contributed by atoms with Crippen molar-refractivity contribution in [3.8, 4) is 0 Å². The zero-order chi connectivity index (χ0) is 19.6. The molecule has 3 atom stereocenters. The molecule has 2 aliphatic rings. The summed E-state index contributed by atoms with van der Waals surface area (Å²) in [6, 6.07) is 9.39. The average Bonchev–Trinajstić information content (AvgIpc) is 3.19. The SMILES string of the molecule is COC(=O)CCCC(=O)N1C[C@@H]2CN(S(C)(=O)=O)[C@@H](c3ccccc3)[C@@H]2C1. The van der Waals surface area contributed by atoms with Crippen molar-refractivity contribution in [3.63, 3.8) is 0 Å². The van der Waals surface area contributed by atoms with Crippen molar-refractivity contribution in [1.82, 2.24) is 9.21 Å². The first kappa shape index (κ1) is 19.8. The van der Waals surface area contributed by atoms with Crippen molar-refractivity contribution in [2.24, 2.45) is 11.8 Å². The van der Waals surface area contributed by atoms with Gasteiger partial charge in [0.2, 0.25) is 15.9 Å². The molecular formula is C19H26N2O5S. The third-order valence-corrected chi connectivity index (χ3v) is 6.77.